The molecule has 3 rings (SSSR count). The summed E-state index contributed by atoms with van der Waals surface area (Å²) in [5, 5.41) is 2.69. The van der Waals surface area contributed by atoms with E-state index in [0.29, 0.717) is 18.3 Å². The molecule has 27 heavy (non-hydrogen) atoms. The van der Waals surface area contributed by atoms with E-state index in [2.05, 4.69) is 32.1 Å². The Bertz CT molecular complexity index is 758. The third-order valence-corrected chi connectivity index (χ3v) is 5.04. The molecule has 7 heteroatoms. The number of hydrogen-bond donors (Lipinski definition) is 1. The monoisotopic (exact) mass is 368 g/mol. The van der Waals surface area contributed by atoms with Gasteiger partial charge < -0.3 is 10.2 Å². The molecule has 0 radical (unpaired) electrons. The molecule has 144 valence electrons. The Morgan fingerprint density at radius 1 is 1.33 bits per heavy atom. The summed E-state index contributed by atoms with van der Waals surface area (Å²) in [6.07, 6.45) is 5.74. The van der Waals surface area contributed by atoms with E-state index in [4.69, 9.17) is 4.98 Å². The van der Waals surface area contributed by atoms with Crippen molar-refractivity contribution in [3.05, 3.63) is 36.3 Å². The highest BCUT2D eigenvalue weighted by atomic mass is 16.1. The van der Waals surface area contributed by atoms with Crippen molar-refractivity contribution in [2.24, 2.45) is 5.92 Å². The summed E-state index contributed by atoms with van der Waals surface area (Å²) in [6.45, 7) is 5.39. The van der Waals surface area contributed by atoms with Crippen LogP contribution in [0.3, 0.4) is 0 Å². The highest BCUT2D eigenvalue weighted by Gasteiger charge is 2.22. The van der Waals surface area contributed by atoms with E-state index in [0.717, 1.165) is 49.6 Å². The molecule has 1 aliphatic rings. The van der Waals surface area contributed by atoms with Crippen molar-refractivity contribution in [2.75, 3.05) is 45.2 Å². The smallest absolute Gasteiger partial charge is 0.233 e. The summed E-state index contributed by atoms with van der Waals surface area (Å²) < 4.78 is 0. The SMILES string of the molecule is CNC(=O)CN1CCC(CN(C)c2cc(C)nc(-c3cccnc3)n2)CC1. The van der Waals surface area contributed by atoms with Crippen LogP contribution in [0, 0.1) is 12.8 Å². The Balaban J connectivity index is 1.61. The van der Waals surface area contributed by atoms with Gasteiger partial charge in [-0.15, -0.1) is 0 Å². The van der Waals surface area contributed by atoms with E-state index in [9.17, 15) is 4.79 Å². The molecule has 0 spiro atoms. The molecule has 1 N–H and O–H groups in total. The molecule has 0 aromatic carbocycles. The van der Waals surface area contributed by atoms with E-state index < -0.39 is 0 Å². The van der Waals surface area contributed by atoms with E-state index >= 15 is 0 Å². The molecule has 2 aromatic heterocycles. The second-order valence-electron chi connectivity index (χ2n) is 7.21. The first-order chi connectivity index (χ1) is 13.0. The maximum absolute atomic E-state index is 11.5. The van der Waals surface area contributed by atoms with Gasteiger partial charge in [0.05, 0.1) is 6.54 Å². The van der Waals surface area contributed by atoms with Crippen LogP contribution in [-0.4, -0.2) is 66.0 Å². The average Bonchev–Trinajstić information content (AvgIpc) is 2.69. The maximum atomic E-state index is 11.5. The van der Waals surface area contributed by atoms with Crippen LogP contribution in [0.15, 0.2) is 30.6 Å². The predicted molar refractivity (Wildman–Crippen MR) is 107 cm³/mol. The van der Waals surface area contributed by atoms with Gasteiger partial charge in [0.2, 0.25) is 5.91 Å². The molecule has 1 fully saturated rings. The lowest BCUT2D eigenvalue weighted by Crippen LogP contribution is -2.42. The minimum absolute atomic E-state index is 0.0879. The molecule has 1 amide bonds. The number of rotatable bonds is 6. The molecule has 0 atom stereocenters. The van der Waals surface area contributed by atoms with Gasteiger partial charge in [0, 0.05) is 50.4 Å². The predicted octanol–water partition coefficient (Wildman–Crippen LogP) is 1.74. The summed E-state index contributed by atoms with van der Waals surface area (Å²) in [5.74, 6) is 2.34. The van der Waals surface area contributed by atoms with Crippen molar-refractivity contribution in [1.82, 2.24) is 25.2 Å². The number of amides is 1. The Kier molecular flexibility index (Phi) is 6.34. The van der Waals surface area contributed by atoms with Gasteiger partial charge in [-0.05, 0) is 50.9 Å². The molecule has 7 nitrogen and oxygen atoms in total. The first-order valence-corrected chi connectivity index (χ1v) is 9.45. The summed E-state index contributed by atoms with van der Waals surface area (Å²) >= 11 is 0. The topological polar surface area (TPSA) is 74.2 Å². The van der Waals surface area contributed by atoms with E-state index in [1.165, 1.54) is 0 Å². The maximum Gasteiger partial charge on any atom is 0.233 e. The number of likely N-dealkylation sites (N-methyl/N-ethyl adjacent to an activating group) is 1. The standard InChI is InChI=1S/C20H28N6O/c1-15-11-18(24-20(23-15)17-5-4-8-22-12-17)25(3)13-16-6-9-26(10-7-16)14-19(27)21-2/h4-5,8,11-12,16H,6-7,9-10,13-14H2,1-3H3,(H,21,27). The van der Waals surface area contributed by atoms with Gasteiger partial charge in [-0.1, -0.05) is 0 Å². The van der Waals surface area contributed by atoms with Crippen LogP contribution < -0.4 is 10.2 Å². The molecular formula is C20H28N6O. The summed E-state index contributed by atoms with van der Waals surface area (Å²) in [5.41, 5.74) is 1.88. The van der Waals surface area contributed by atoms with Crippen molar-refractivity contribution < 1.29 is 4.79 Å². The second-order valence-corrected chi connectivity index (χ2v) is 7.21. The normalized spacial score (nSPS) is 15.5. The number of piperidine rings is 1. The Morgan fingerprint density at radius 3 is 2.78 bits per heavy atom. The van der Waals surface area contributed by atoms with Crippen LogP contribution in [0.4, 0.5) is 5.82 Å². The first kappa shape index (κ1) is 19.2. The van der Waals surface area contributed by atoms with Gasteiger partial charge in [-0.25, -0.2) is 9.97 Å². The zero-order valence-electron chi connectivity index (χ0n) is 16.4. The third-order valence-electron chi connectivity index (χ3n) is 5.04. The molecule has 0 aliphatic carbocycles. The highest BCUT2D eigenvalue weighted by molar-refractivity contribution is 5.77. The molecular weight excluding hydrogens is 340 g/mol. The van der Waals surface area contributed by atoms with Gasteiger partial charge >= 0.3 is 0 Å². The van der Waals surface area contributed by atoms with E-state index in [1.807, 2.05) is 25.1 Å². The van der Waals surface area contributed by atoms with Crippen LogP contribution in [0.1, 0.15) is 18.5 Å². The number of carbonyl (C=O) groups is 1. The third kappa shape index (κ3) is 5.23. The molecule has 3 heterocycles. The van der Waals surface area contributed by atoms with Gasteiger partial charge in [0.25, 0.3) is 0 Å². The number of aryl methyl sites for hydroxylation is 1. The molecule has 0 saturated carbocycles. The number of hydrogen-bond acceptors (Lipinski definition) is 6. The highest BCUT2D eigenvalue weighted by Crippen LogP contribution is 2.22. The minimum Gasteiger partial charge on any atom is -0.359 e. The van der Waals surface area contributed by atoms with Crippen LogP contribution in [0.25, 0.3) is 11.4 Å². The molecule has 0 unspecified atom stereocenters. The van der Waals surface area contributed by atoms with E-state index in [-0.39, 0.29) is 5.91 Å². The quantitative estimate of drug-likeness (QED) is 0.837. The largest absolute Gasteiger partial charge is 0.359 e. The van der Waals surface area contributed by atoms with Gasteiger partial charge in [0.1, 0.15) is 5.82 Å². The van der Waals surface area contributed by atoms with Crippen LogP contribution in [0.5, 0.6) is 0 Å². The summed E-state index contributed by atoms with van der Waals surface area (Å²) in [4.78, 5) is 29.4. The molecule has 0 bridgehead atoms. The molecule has 1 aliphatic heterocycles. The fourth-order valence-electron chi connectivity index (χ4n) is 3.46. The van der Waals surface area contributed by atoms with Crippen LogP contribution in [0.2, 0.25) is 0 Å². The zero-order chi connectivity index (χ0) is 19.2. The number of carbonyl (C=O) groups excluding carboxylic acids is 1. The number of likely N-dealkylation sites (tertiary alicyclic amines) is 1. The Hall–Kier alpha value is -2.54. The number of nitrogens with zero attached hydrogens (tertiary/aromatic N) is 5. The number of pyridine rings is 1. The van der Waals surface area contributed by atoms with Crippen molar-refractivity contribution in [1.29, 1.82) is 0 Å². The lowest BCUT2D eigenvalue weighted by atomic mass is 9.96. The second kappa shape index (κ2) is 8.90. The lowest BCUT2D eigenvalue weighted by molar-refractivity contribution is -0.122. The van der Waals surface area contributed by atoms with Gasteiger partial charge in [-0.2, -0.15) is 0 Å². The van der Waals surface area contributed by atoms with Crippen LogP contribution >= 0.6 is 0 Å². The van der Waals surface area contributed by atoms with Crippen molar-refractivity contribution in [3.63, 3.8) is 0 Å². The number of anilines is 1. The minimum atomic E-state index is 0.0879. The van der Waals surface area contributed by atoms with E-state index in [1.54, 1.807) is 19.4 Å². The first-order valence-electron chi connectivity index (χ1n) is 9.45. The Morgan fingerprint density at radius 2 is 2.11 bits per heavy atom. The van der Waals surface area contributed by atoms with Crippen molar-refractivity contribution >= 4 is 11.7 Å². The zero-order valence-corrected chi connectivity index (χ0v) is 16.4. The van der Waals surface area contributed by atoms with Crippen molar-refractivity contribution in [2.45, 2.75) is 19.8 Å². The number of aromatic nitrogens is 3. The van der Waals surface area contributed by atoms with Gasteiger partial charge in [-0.3, -0.25) is 14.7 Å². The summed E-state index contributed by atoms with van der Waals surface area (Å²) in [7, 11) is 3.78. The fraction of sp³-hybridized carbons (Fsp3) is 0.500. The van der Waals surface area contributed by atoms with Crippen LogP contribution in [-0.2, 0) is 4.79 Å². The lowest BCUT2D eigenvalue weighted by Gasteiger charge is -2.33. The van der Waals surface area contributed by atoms with Gasteiger partial charge in [0.15, 0.2) is 5.82 Å². The molecule has 1 saturated heterocycles. The fourth-order valence-corrected chi connectivity index (χ4v) is 3.46. The summed E-state index contributed by atoms with van der Waals surface area (Å²) in [6, 6.07) is 5.91. The Labute approximate surface area is 160 Å². The average molecular weight is 368 g/mol. The van der Waals surface area contributed by atoms with Crippen molar-refractivity contribution in [3.8, 4) is 11.4 Å². The molecule has 2 aromatic rings. The number of nitrogens with one attached hydrogen (secondary N) is 1.